The number of nitro groups is 1. The van der Waals surface area contributed by atoms with Crippen LogP contribution in [0.25, 0.3) is 0 Å². The lowest BCUT2D eigenvalue weighted by atomic mass is 10.3. The summed E-state index contributed by atoms with van der Waals surface area (Å²) in [6.45, 7) is 3.58. The van der Waals surface area contributed by atoms with Gasteiger partial charge in [0.25, 0.3) is 5.69 Å². The van der Waals surface area contributed by atoms with Crippen LogP contribution in [0.1, 0.15) is 20.3 Å². The monoisotopic (exact) mass is 258 g/mol. The second-order valence-corrected chi connectivity index (χ2v) is 5.40. The predicted molar refractivity (Wildman–Crippen MR) is 63.2 cm³/mol. The molecule has 0 saturated heterocycles. The van der Waals surface area contributed by atoms with Crippen LogP contribution in [0.5, 0.6) is 0 Å². The second kappa shape index (κ2) is 5.24. The molecule has 7 heteroatoms. The van der Waals surface area contributed by atoms with Gasteiger partial charge in [0.05, 0.1) is 9.82 Å². The first kappa shape index (κ1) is 13.6. The molecule has 1 aromatic rings. The van der Waals surface area contributed by atoms with Gasteiger partial charge in [-0.25, -0.2) is 13.1 Å². The molecule has 0 fully saturated rings. The molecular formula is C10H14N2O4S. The molecule has 0 amide bonds. The molecule has 0 aromatic heterocycles. The van der Waals surface area contributed by atoms with Crippen molar-refractivity contribution in [1.29, 1.82) is 0 Å². The molecule has 0 aliphatic heterocycles. The van der Waals surface area contributed by atoms with Gasteiger partial charge in [-0.1, -0.05) is 13.0 Å². The fraction of sp³-hybridized carbons (Fsp3) is 0.400. The van der Waals surface area contributed by atoms with Crippen LogP contribution >= 0.6 is 0 Å². The number of hydrogen-bond acceptors (Lipinski definition) is 4. The number of nitrogens with one attached hydrogen (secondary N) is 1. The molecule has 0 saturated carbocycles. The molecule has 6 nitrogen and oxygen atoms in total. The van der Waals surface area contributed by atoms with Gasteiger partial charge in [-0.15, -0.1) is 0 Å². The Labute approximate surface area is 99.9 Å². The molecular weight excluding hydrogens is 244 g/mol. The Morgan fingerprint density at radius 1 is 1.47 bits per heavy atom. The molecule has 0 bridgehead atoms. The lowest BCUT2D eigenvalue weighted by Gasteiger charge is -2.11. The van der Waals surface area contributed by atoms with E-state index in [9.17, 15) is 18.5 Å². The standard InChI is InChI=1S/C10H14N2O4S/c1-3-8(2)11-17(15,16)10-6-4-5-9(7-10)12(13)14/h4-8,11H,3H2,1-2H3. The fourth-order valence-electron chi connectivity index (χ4n) is 1.18. The zero-order chi connectivity index (χ0) is 13.1. The highest BCUT2D eigenvalue weighted by Gasteiger charge is 2.18. The van der Waals surface area contributed by atoms with Gasteiger partial charge < -0.3 is 0 Å². The third-order valence-corrected chi connectivity index (χ3v) is 3.89. The Kier molecular flexibility index (Phi) is 4.19. The molecule has 0 spiro atoms. The van der Waals surface area contributed by atoms with Gasteiger partial charge >= 0.3 is 0 Å². The summed E-state index contributed by atoms with van der Waals surface area (Å²) in [6, 6.07) is 4.77. The molecule has 94 valence electrons. The SMILES string of the molecule is CCC(C)NS(=O)(=O)c1cccc([N+](=O)[O-])c1. The number of nitrogens with zero attached hydrogens (tertiary/aromatic N) is 1. The van der Waals surface area contributed by atoms with E-state index >= 15 is 0 Å². The maximum Gasteiger partial charge on any atom is 0.270 e. The van der Waals surface area contributed by atoms with Crippen LogP contribution in [-0.4, -0.2) is 19.4 Å². The minimum Gasteiger partial charge on any atom is -0.258 e. The summed E-state index contributed by atoms with van der Waals surface area (Å²) in [5.74, 6) is 0. The van der Waals surface area contributed by atoms with E-state index in [1.165, 1.54) is 18.2 Å². The maximum absolute atomic E-state index is 11.8. The smallest absolute Gasteiger partial charge is 0.258 e. The van der Waals surface area contributed by atoms with E-state index in [0.29, 0.717) is 6.42 Å². The van der Waals surface area contributed by atoms with Crippen LogP contribution in [0.2, 0.25) is 0 Å². The van der Waals surface area contributed by atoms with Crippen molar-refractivity contribution in [2.24, 2.45) is 0 Å². The predicted octanol–water partition coefficient (Wildman–Crippen LogP) is 1.67. The average Bonchev–Trinajstić information content (AvgIpc) is 2.28. The molecule has 1 atom stereocenters. The minimum absolute atomic E-state index is 0.0907. The van der Waals surface area contributed by atoms with Crippen LogP contribution in [0, 0.1) is 10.1 Å². The Bertz CT molecular complexity index is 513. The first-order valence-corrected chi connectivity index (χ1v) is 6.62. The summed E-state index contributed by atoms with van der Waals surface area (Å²) in [4.78, 5) is 9.84. The zero-order valence-corrected chi connectivity index (χ0v) is 10.4. The van der Waals surface area contributed by atoms with E-state index < -0.39 is 14.9 Å². The third kappa shape index (κ3) is 3.50. The van der Waals surface area contributed by atoms with E-state index in [2.05, 4.69) is 4.72 Å². The highest BCUT2D eigenvalue weighted by Crippen LogP contribution is 2.17. The van der Waals surface area contributed by atoms with Gasteiger partial charge in [0.2, 0.25) is 10.0 Å². The van der Waals surface area contributed by atoms with Crippen molar-refractivity contribution in [3.63, 3.8) is 0 Å². The van der Waals surface area contributed by atoms with Gasteiger partial charge in [-0.2, -0.15) is 0 Å². The topological polar surface area (TPSA) is 89.3 Å². The van der Waals surface area contributed by atoms with Gasteiger partial charge in [0.1, 0.15) is 0 Å². The largest absolute Gasteiger partial charge is 0.270 e. The molecule has 1 N–H and O–H groups in total. The van der Waals surface area contributed by atoms with Crippen LogP contribution in [0.4, 0.5) is 5.69 Å². The molecule has 17 heavy (non-hydrogen) atoms. The molecule has 1 aromatic carbocycles. The van der Waals surface area contributed by atoms with Gasteiger partial charge in [0.15, 0.2) is 0 Å². The fourth-order valence-corrected chi connectivity index (χ4v) is 2.55. The van der Waals surface area contributed by atoms with Crippen molar-refractivity contribution in [3.8, 4) is 0 Å². The van der Waals surface area contributed by atoms with E-state index in [1.807, 2.05) is 6.92 Å². The molecule has 0 heterocycles. The number of sulfonamides is 1. The first-order valence-electron chi connectivity index (χ1n) is 5.13. The summed E-state index contributed by atoms with van der Waals surface area (Å²) in [6.07, 6.45) is 0.647. The lowest BCUT2D eigenvalue weighted by molar-refractivity contribution is -0.385. The molecule has 0 radical (unpaired) electrons. The van der Waals surface area contributed by atoms with Crippen LogP contribution in [-0.2, 0) is 10.0 Å². The van der Waals surface area contributed by atoms with Gasteiger partial charge in [-0.05, 0) is 19.4 Å². The molecule has 1 unspecified atom stereocenters. The van der Waals surface area contributed by atoms with E-state index in [1.54, 1.807) is 6.92 Å². The van der Waals surface area contributed by atoms with Gasteiger partial charge in [-0.3, -0.25) is 10.1 Å². The second-order valence-electron chi connectivity index (χ2n) is 3.69. The maximum atomic E-state index is 11.8. The van der Waals surface area contributed by atoms with E-state index in [-0.39, 0.29) is 16.6 Å². The van der Waals surface area contributed by atoms with Crippen LogP contribution in [0.15, 0.2) is 29.2 Å². The first-order chi connectivity index (χ1) is 7.86. The number of hydrogen-bond donors (Lipinski definition) is 1. The third-order valence-electron chi connectivity index (χ3n) is 2.31. The summed E-state index contributed by atoms with van der Waals surface area (Å²) >= 11 is 0. The van der Waals surface area contributed by atoms with Crippen molar-refractivity contribution >= 4 is 15.7 Å². The van der Waals surface area contributed by atoms with Crippen molar-refractivity contribution in [2.45, 2.75) is 31.2 Å². The zero-order valence-electron chi connectivity index (χ0n) is 9.58. The molecule has 1 rings (SSSR count). The summed E-state index contributed by atoms with van der Waals surface area (Å²) in [5, 5.41) is 10.5. The Hall–Kier alpha value is -1.47. The van der Waals surface area contributed by atoms with Crippen LogP contribution < -0.4 is 4.72 Å². The number of non-ortho nitro benzene ring substituents is 1. The highest BCUT2D eigenvalue weighted by molar-refractivity contribution is 7.89. The summed E-state index contributed by atoms with van der Waals surface area (Å²) in [5.41, 5.74) is -0.239. The van der Waals surface area contributed by atoms with Crippen molar-refractivity contribution in [1.82, 2.24) is 4.72 Å². The van der Waals surface area contributed by atoms with Crippen LogP contribution in [0.3, 0.4) is 0 Å². The lowest BCUT2D eigenvalue weighted by Crippen LogP contribution is -2.31. The molecule has 0 aliphatic carbocycles. The Balaban J connectivity index is 3.07. The Morgan fingerprint density at radius 3 is 2.65 bits per heavy atom. The number of benzene rings is 1. The number of nitro benzene ring substituents is 1. The minimum atomic E-state index is -3.68. The average molecular weight is 258 g/mol. The van der Waals surface area contributed by atoms with E-state index in [4.69, 9.17) is 0 Å². The normalized spacial score (nSPS) is 13.3. The Morgan fingerprint density at radius 2 is 2.12 bits per heavy atom. The van der Waals surface area contributed by atoms with Crippen molar-refractivity contribution in [3.05, 3.63) is 34.4 Å². The number of rotatable bonds is 5. The summed E-state index contributed by atoms with van der Waals surface area (Å²) in [7, 11) is -3.68. The van der Waals surface area contributed by atoms with Crippen molar-refractivity contribution in [2.75, 3.05) is 0 Å². The van der Waals surface area contributed by atoms with Gasteiger partial charge in [0, 0.05) is 18.2 Å². The van der Waals surface area contributed by atoms with E-state index in [0.717, 1.165) is 6.07 Å². The van der Waals surface area contributed by atoms with Crippen molar-refractivity contribution < 1.29 is 13.3 Å². The highest BCUT2D eigenvalue weighted by atomic mass is 32.2. The molecule has 0 aliphatic rings. The summed E-state index contributed by atoms with van der Waals surface area (Å²) < 4.78 is 26.1. The quantitative estimate of drug-likeness (QED) is 0.642.